The van der Waals surface area contributed by atoms with E-state index in [4.69, 9.17) is 4.74 Å². The Bertz CT molecular complexity index is 608. The maximum Gasteiger partial charge on any atom is 0.133 e. The van der Waals surface area contributed by atoms with Gasteiger partial charge < -0.3 is 9.84 Å². The van der Waals surface area contributed by atoms with Gasteiger partial charge in [0, 0.05) is 6.42 Å². The number of aryl methyl sites for hydroxylation is 2. The predicted molar refractivity (Wildman–Crippen MR) is 85.3 cm³/mol. The van der Waals surface area contributed by atoms with Crippen molar-refractivity contribution in [1.82, 2.24) is 0 Å². The topological polar surface area (TPSA) is 29.5 Å². The minimum absolute atomic E-state index is 0.491. The number of aliphatic hydroxyl groups excluding tert-OH is 1. The molecule has 0 amide bonds. The summed E-state index contributed by atoms with van der Waals surface area (Å²) in [5.74, 6) is 0.800. The van der Waals surface area contributed by atoms with Crippen LogP contribution in [0.5, 0.6) is 5.75 Å². The molecule has 0 spiro atoms. The molecule has 1 unspecified atom stereocenters. The van der Waals surface area contributed by atoms with Crippen molar-refractivity contribution < 1.29 is 9.84 Å². The van der Waals surface area contributed by atoms with Gasteiger partial charge in [-0.1, -0.05) is 24.3 Å². The normalized spacial score (nSPS) is 12.2. The fourth-order valence-electron chi connectivity index (χ4n) is 2.15. The average molecular weight is 335 g/mol. The summed E-state index contributed by atoms with van der Waals surface area (Å²) in [7, 11) is 1.64. The first-order valence-corrected chi connectivity index (χ1v) is 7.38. The Morgan fingerprint density at radius 2 is 1.85 bits per heavy atom. The SMILES string of the molecule is COc1ccc(CC(O)c2ccc(C)c(C)c2)cc1Br. The second-order valence-corrected chi connectivity index (χ2v) is 5.89. The molecular formula is C17H19BrO2. The zero-order valence-corrected chi connectivity index (χ0v) is 13.6. The summed E-state index contributed by atoms with van der Waals surface area (Å²) in [6.07, 6.45) is 0.0973. The summed E-state index contributed by atoms with van der Waals surface area (Å²) < 4.78 is 6.12. The first-order chi connectivity index (χ1) is 9.51. The highest BCUT2D eigenvalue weighted by atomic mass is 79.9. The third-order valence-corrected chi connectivity index (χ3v) is 4.18. The van der Waals surface area contributed by atoms with Crippen LogP contribution in [-0.4, -0.2) is 12.2 Å². The molecule has 1 atom stereocenters. The Balaban J connectivity index is 2.16. The number of benzene rings is 2. The van der Waals surface area contributed by atoms with E-state index in [2.05, 4.69) is 41.9 Å². The molecule has 0 saturated carbocycles. The van der Waals surface area contributed by atoms with Gasteiger partial charge in [0.15, 0.2) is 0 Å². The molecule has 2 rings (SSSR count). The maximum absolute atomic E-state index is 10.4. The van der Waals surface area contributed by atoms with Crippen molar-refractivity contribution in [2.75, 3.05) is 7.11 Å². The summed E-state index contributed by atoms with van der Waals surface area (Å²) >= 11 is 3.47. The van der Waals surface area contributed by atoms with E-state index in [1.165, 1.54) is 11.1 Å². The van der Waals surface area contributed by atoms with Crippen LogP contribution < -0.4 is 4.74 Å². The van der Waals surface area contributed by atoms with E-state index in [1.807, 2.05) is 24.3 Å². The molecule has 20 heavy (non-hydrogen) atoms. The lowest BCUT2D eigenvalue weighted by molar-refractivity contribution is 0.178. The number of aliphatic hydroxyl groups is 1. The molecule has 106 valence electrons. The summed E-state index contributed by atoms with van der Waals surface area (Å²) in [5, 5.41) is 10.4. The van der Waals surface area contributed by atoms with E-state index >= 15 is 0 Å². The minimum atomic E-state index is -0.491. The molecule has 0 aliphatic rings. The highest BCUT2D eigenvalue weighted by Gasteiger charge is 2.11. The highest BCUT2D eigenvalue weighted by molar-refractivity contribution is 9.10. The van der Waals surface area contributed by atoms with E-state index in [-0.39, 0.29) is 0 Å². The number of hydrogen-bond donors (Lipinski definition) is 1. The smallest absolute Gasteiger partial charge is 0.133 e. The molecule has 0 bridgehead atoms. The summed E-state index contributed by atoms with van der Waals surface area (Å²) in [4.78, 5) is 0. The lowest BCUT2D eigenvalue weighted by Crippen LogP contribution is -2.03. The van der Waals surface area contributed by atoms with Gasteiger partial charge in [0.2, 0.25) is 0 Å². The molecule has 0 heterocycles. The fraction of sp³-hybridized carbons (Fsp3) is 0.294. The predicted octanol–water partition coefficient (Wildman–Crippen LogP) is 4.35. The van der Waals surface area contributed by atoms with Gasteiger partial charge in [0.1, 0.15) is 5.75 Å². The minimum Gasteiger partial charge on any atom is -0.496 e. The van der Waals surface area contributed by atoms with Gasteiger partial charge in [-0.3, -0.25) is 0 Å². The van der Waals surface area contributed by atoms with Gasteiger partial charge in [0.05, 0.1) is 17.7 Å². The van der Waals surface area contributed by atoms with Crippen LogP contribution in [0.15, 0.2) is 40.9 Å². The molecular weight excluding hydrogens is 316 g/mol. The zero-order valence-electron chi connectivity index (χ0n) is 12.0. The van der Waals surface area contributed by atoms with Crippen molar-refractivity contribution in [3.05, 3.63) is 63.1 Å². The summed E-state index contributed by atoms with van der Waals surface area (Å²) in [6.45, 7) is 4.14. The van der Waals surface area contributed by atoms with Crippen molar-refractivity contribution in [3.8, 4) is 5.75 Å². The number of methoxy groups -OCH3 is 1. The standard InChI is InChI=1S/C17H19BrO2/c1-11-4-6-14(8-12(11)2)16(19)10-13-5-7-17(20-3)15(18)9-13/h4-9,16,19H,10H2,1-3H3. The van der Waals surface area contributed by atoms with Crippen molar-refractivity contribution in [2.45, 2.75) is 26.4 Å². The van der Waals surface area contributed by atoms with Gasteiger partial charge in [-0.25, -0.2) is 0 Å². The zero-order chi connectivity index (χ0) is 14.7. The average Bonchev–Trinajstić information content (AvgIpc) is 2.42. The summed E-state index contributed by atoms with van der Waals surface area (Å²) in [5.41, 5.74) is 4.48. The van der Waals surface area contributed by atoms with E-state index in [9.17, 15) is 5.11 Å². The number of rotatable bonds is 4. The van der Waals surface area contributed by atoms with E-state index in [0.717, 1.165) is 21.3 Å². The Morgan fingerprint density at radius 3 is 2.45 bits per heavy atom. The molecule has 2 nitrogen and oxygen atoms in total. The quantitative estimate of drug-likeness (QED) is 0.900. The van der Waals surface area contributed by atoms with Crippen molar-refractivity contribution >= 4 is 15.9 Å². The highest BCUT2D eigenvalue weighted by Crippen LogP contribution is 2.28. The Hall–Kier alpha value is -1.32. The molecule has 0 saturated heterocycles. The van der Waals surface area contributed by atoms with Crippen LogP contribution in [0.3, 0.4) is 0 Å². The molecule has 2 aromatic rings. The van der Waals surface area contributed by atoms with Crippen LogP contribution in [0.1, 0.15) is 28.4 Å². The van der Waals surface area contributed by atoms with Crippen LogP contribution in [-0.2, 0) is 6.42 Å². The Labute approximate surface area is 128 Å². The fourth-order valence-corrected chi connectivity index (χ4v) is 2.74. The Kier molecular flexibility index (Phi) is 4.84. The monoisotopic (exact) mass is 334 g/mol. The van der Waals surface area contributed by atoms with E-state index < -0.39 is 6.10 Å². The third-order valence-electron chi connectivity index (χ3n) is 3.56. The molecule has 2 aromatic carbocycles. The van der Waals surface area contributed by atoms with Crippen LogP contribution in [0.4, 0.5) is 0 Å². The first-order valence-electron chi connectivity index (χ1n) is 6.59. The van der Waals surface area contributed by atoms with Gasteiger partial charge in [0.25, 0.3) is 0 Å². The van der Waals surface area contributed by atoms with Crippen LogP contribution in [0.2, 0.25) is 0 Å². The van der Waals surface area contributed by atoms with E-state index in [0.29, 0.717) is 6.42 Å². The lowest BCUT2D eigenvalue weighted by Gasteiger charge is -2.14. The number of hydrogen-bond acceptors (Lipinski definition) is 2. The summed E-state index contributed by atoms with van der Waals surface area (Å²) in [6, 6.07) is 12.0. The van der Waals surface area contributed by atoms with Crippen molar-refractivity contribution in [1.29, 1.82) is 0 Å². The van der Waals surface area contributed by atoms with Crippen LogP contribution in [0, 0.1) is 13.8 Å². The van der Waals surface area contributed by atoms with Gasteiger partial charge in [-0.15, -0.1) is 0 Å². The van der Waals surface area contributed by atoms with Gasteiger partial charge in [-0.2, -0.15) is 0 Å². The molecule has 0 aliphatic carbocycles. The second kappa shape index (κ2) is 6.42. The molecule has 0 radical (unpaired) electrons. The number of halogens is 1. The molecule has 3 heteroatoms. The maximum atomic E-state index is 10.4. The van der Waals surface area contributed by atoms with Gasteiger partial charge in [-0.05, 0) is 64.2 Å². The molecule has 1 N–H and O–H groups in total. The van der Waals surface area contributed by atoms with Crippen molar-refractivity contribution in [3.63, 3.8) is 0 Å². The largest absolute Gasteiger partial charge is 0.496 e. The second-order valence-electron chi connectivity index (χ2n) is 5.03. The Morgan fingerprint density at radius 1 is 1.10 bits per heavy atom. The van der Waals surface area contributed by atoms with Crippen LogP contribution >= 0.6 is 15.9 Å². The first kappa shape index (κ1) is 15.1. The molecule has 0 aliphatic heterocycles. The lowest BCUT2D eigenvalue weighted by atomic mass is 9.98. The van der Waals surface area contributed by atoms with Crippen LogP contribution in [0.25, 0.3) is 0 Å². The van der Waals surface area contributed by atoms with E-state index in [1.54, 1.807) is 7.11 Å². The van der Waals surface area contributed by atoms with Gasteiger partial charge >= 0.3 is 0 Å². The van der Waals surface area contributed by atoms with Crippen molar-refractivity contribution in [2.24, 2.45) is 0 Å². The molecule has 0 fully saturated rings. The third kappa shape index (κ3) is 3.41. The molecule has 0 aromatic heterocycles. The number of ether oxygens (including phenoxy) is 1.